The molecule has 0 aliphatic heterocycles. The lowest BCUT2D eigenvalue weighted by atomic mass is 10.0. The van der Waals surface area contributed by atoms with E-state index in [1.165, 1.54) is 31.4 Å². The van der Waals surface area contributed by atoms with Crippen molar-refractivity contribution in [2.75, 3.05) is 7.11 Å². The predicted molar refractivity (Wildman–Crippen MR) is 105 cm³/mol. The standard InChI is InChI=1S/C21H18O7/c1-10(2)4-5-11-8-14(23)15(24)9-12(11)20-21(27-3)19(26)17-16(28-20)7-6-13(22)18(17)25/h4-9,22-25H,1H2,2-3H3. The number of fused-ring (bicyclic) bond motifs is 1. The highest BCUT2D eigenvalue weighted by Crippen LogP contribution is 2.41. The van der Waals surface area contributed by atoms with Crippen LogP contribution in [0.15, 0.2) is 51.7 Å². The van der Waals surface area contributed by atoms with Crippen molar-refractivity contribution in [2.45, 2.75) is 6.92 Å². The molecule has 7 heteroatoms. The maximum atomic E-state index is 12.9. The van der Waals surface area contributed by atoms with E-state index in [0.717, 1.165) is 5.57 Å². The Morgan fingerprint density at radius 1 is 1.11 bits per heavy atom. The Kier molecular flexibility index (Phi) is 4.75. The summed E-state index contributed by atoms with van der Waals surface area (Å²) < 4.78 is 11.0. The molecule has 1 heterocycles. The smallest absolute Gasteiger partial charge is 0.239 e. The molecule has 0 aliphatic rings. The molecule has 28 heavy (non-hydrogen) atoms. The number of allylic oxidation sites excluding steroid dienone is 2. The van der Waals surface area contributed by atoms with Gasteiger partial charge in [-0.15, -0.1) is 0 Å². The van der Waals surface area contributed by atoms with Crippen molar-refractivity contribution in [2.24, 2.45) is 0 Å². The Hall–Kier alpha value is -3.87. The van der Waals surface area contributed by atoms with E-state index in [4.69, 9.17) is 9.15 Å². The van der Waals surface area contributed by atoms with Gasteiger partial charge in [-0.3, -0.25) is 4.79 Å². The molecule has 144 valence electrons. The van der Waals surface area contributed by atoms with Crippen molar-refractivity contribution in [1.29, 1.82) is 0 Å². The SMILES string of the molecule is C=C(C)C=Cc1cc(O)c(O)cc1-c1oc2ccc(O)c(O)c2c(=O)c1OC. The van der Waals surface area contributed by atoms with Crippen LogP contribution in [0.4, 0.5) is 0 Å². The molecule has 2 aromatic carbocycles. The van der Waals surface area contributed by atoms with Crippen molar-refractivity contribution in [1.82, 2.24) is 0 Å². The first-order chi connectivity index (χ1) is 13.2. The number of phenolic OH excluding ortho intramolecular Hbond substituents is 4. The first-order valence-electron chi connectivity index (χ1n) is 8.20. The van der Waals surface area contributed by atoms with Crippen LogP contribution >= 0.6 is 0 Å². The number of hydrogen-bond donors (Lipinski definition) is 4. The first-order valence-corrected chi connectivity index (χ1v) is 8.20. The summed E-state index contributed by atoms with van der Waals surface area (Å²) in [5.41, 5.74) is 0.761. The Bertz CT molecular complexity index is 1190. The van der Waals surface area contributed by atoms with Crippen molar-refractivity contribution >= 4 is 17.0 Å². The van der Waals surface area contributed by atoms with Crippen LogP contribution in [0.3, 0.4) is 0 Å². The average molecular weight is 382 g/mol. The fourth-order valence-corrected chi connectivity index (χ4v) is 2.76. The first kappa shape index (κ1) is 18.9. The van der Waals surface area contributed by atoms with Gasteiger partial charge in [0.25, 0.3) is 0 Å². The van der Waals surface area contributed by atoms with Gasteiger partial charge in [0.15, 0.2) is 28.8 Å². The average Bonchev–Trinajstić information content (AvgIpc) is 2.65. The number of benzene rings is 2. The Morgan fingerprint density at radius 3 is 2.43 bits per heavy atom. The summed E-state index contributed by atoms with van der Waals surface area (Å²) in [7, 11) is 1.26. The zero-order valence-corrected chi connectivity index (χ0v) is 15.2. The second-order valence-corrected chi connectivity index (χ2v) is 6.21. The van der Waals surface area contributed by atoms with Gasteiger partial charge in [0.05, 0.1) is 7.11 Å². The van der Waals surface area contributed by atoms with Gasteiger partial charge in [0.2, 0.25) is 11.2 Å². The molecule has 3 rings (SSSR count). The Morgan fingerprint density at radius 2 is 1.79 bits per heavy atom. The van der Waals surface area contributed by atoms with Crippen LogP contribution in [0.1, 0.15) is 12.5 Å². The number of methoxy groups -OCH3 is 1. The van der Waals surface area contributed by atoms with E-state index in [1.807, 2.05) is 0 Å². The van der Waals surface area contributed by atoms with E-state index in [1.54, 1.807) is 19.1 Å². The summed E-state index contributed by atoms with van der Waals surface area (Å²) in [6, 6.07) is 5.06. The van der Waals surface area contributed by atoms with Gasteiger partial charge in [-0.05, 0) is 36.8 Å². The third kappa shape index (κ3) is 3.14. The molecule has 0 unspecified atom stereocenters. The second-order valence-electron chi connectivity index (χ2n) is 6.21. The Labute approximate surface area is 159 Å². The topological polar surface area (TPSA) is 120 Å². The zero-order chi connectivity index (χ0) is 20.6. The molecule has 0 aliphatic carbocycles. The second kappa shape index (κ2) is 7.03. The lowest BCUT2D eigenvalue weighted by molar-refractivity contribution is 0.392. The maximum Gasteiger partial charge on any atom is 0.239 e. The largest absolute Gasteiger partial charge is 0.504 e. The molecular formula is C21H18O7. The maximum absolute atomic E-state index is 12.9. The molecule has 0 saturated carbocycles. The molecule has 7 nitrogen and oxygen atoms in total. The van der Waals surface area contributed by atoms with Gasteiger partial charge in [-0.1, -0.05) is 24.3 Å². The molecular weight excluding hydrogens is 364 g/mol. The van der Waals surface area contributed by atoms with Crippen LogP contribution in [0.25, 0.3) is 28.4 Å². The van der Waals surface area contributed by atoms with Gasteiger partial charge in [-0.25, -0.2) is 0 Å². The third-order valence-corrected chi connectivity index (χ3v) is 4.11. The van der Waals surface area contributed by atoms with E-state index in [9.17, 15) is 25.2 Å². The van der Waals surface area contributed by atoms with Crippen molar-refractivity contribution < 1.29 is 29.6 Å². The van der Waals surface area contributed by atoms with E-state index in [0.29, 0.717) is 5.56 Å². The van der Waals surface area contributed by atoms with Crippen LogP contribution in [-0.4, -0.2) is 27.5 Å². The van der Waals surface area contributed by atoms with E-state index >= 15 is 0 Å². The molecule has 0 fully saturated rings. The number of hydrogen-bond acceptors (Lipinski definition) is 7. The summed E-state index contributed by atoms with van der Waals surface area (Å²) in [6.45, 7) is 5.55. The third-order valence-electron chi connectivity index (χ3n) is 4.11. The summed E-state index contributed by atoms with van der Waals surface area (Å²) in [5.74, 6) is -2.10. The normalized spacial score (nSPS) is 11.2. The zero-order valence-electron chi connectivity index (χ0n) is 15.2. The Balaban J connectivity index is 2.41. The molecule has 0 saturated heterocycles. The summed E-state index contributed by atoms with van der Waals surface area (Å²) >= 11 is 0. The monoisotopic (exact) mass is 382 g/mol. The van der Waals surface area contributed by atoms with Crippen molar-refractivity contribution in [3.8, 4) is 40.1 Å². The molecule has 0 bridgehead atoms. The number of ether oxygens (including phenoxy) is 1. The molecule has 4 N–H and O–H groups in total. The highest BCUT2D eigenvalue weighted by molar-refractivity contribution is 5.90. The molecule has 0 radical (unpaired) electrons. The summed E-state index contributed by atoms with van der Waals surface area (Å²) in [4.78, 5) is 12.9. The minimum Gasteiger partial charge on any atom is -0.504 e. The highest BCUT2D eigenvalue weighted by Gasteiger charge is 2.23. The summed E-state index contributed by atoms with van der Waals surface area (Å²) in [5, 5.41) is 39.3. The molecule has 0 spiro atoms. The van der Waals surface area contributed by atoms with E-state index in [-0.39, 0.29) is 33.8 Å². The van der Waals surface area contributed by atoms with E-state index < -0.39 is 22.7 Å². The van der Waals surface area contributed by atoms with Gasteiger partial charge >= 0.3 is 0 Å². The van der Waals surface area contributed by atoms with Crippen LogP contribution in [-0.2, 0) is 0 Å². The van der Waals surface area contributed by atoms with Crippen molar-refractivity contribution in [3.63, 3.8) is 0 Å². The van der Waals surface area contributed by atoms with Crippen LogP contribution in [0.2, 0.25) is 0 Å². The minimum absolute atomic E-state index is 0.0123. The fraction of sp³-hybridized carbons (Fsp3) is 0.0952. The van der Waals surface area contributed by atoms with Crippen molar-refractivity contribution in [3.05, 3.63) is 58.3 Å². The van der Waals surface area contributed by atoms with Crippen LogP contribution in [0, 0.1) is 0 Å². The highest BCUT2D eigenvalue weighted by atomic mass is 16.5. The van der Waals surface area contributed by atoms with Gasteiger partial charge in [0, 0.05) is 5.56 Å². The molecule has 0 atom stereocenters. The molecule has 0 amide bonds. The van der Waals surface area contributed by atoms with Gasteiger partial charge < -0.3 is 29.6 Å². The molecule has 1 aromatic heterocycles. The summed E-state index contributed by atoms with van der Waals surface area (Å²) in [6.07, 6.45) is 3.32. The lowest BCUT2D eigenvalue weighted by Crippen LogP contribution is -2.08. The van der Waals surface area contributed by atoms with E-state index in [2.05, 4.69) is 6.58 Å². The minimum atomic E-state index is -0.699. The van der Waals surface area contributed by atoms with Gasteiger partial charge in [-0.2, -0.15) is 0 Å². The predicted octanol–water partition coefficient (Wildman–Crippen LogP) is 3.88. The van der Waals surface area contributed by atoms with Gasteiger partial charge in [0.1, 0.15) is 11.0 Å². The lowest BCUT2D eigenvalue weighted by Gasteiger charge is -2.13. The number of rotatable bonds is 4. The number of aromatic hydroxyl groups is 4. The molecule has 3 aromatic rings. The quantitative estimate of drug-likeness (QED) is 0.399. The fourth-order valence-electron chi connectivity index (χ4n) is 2.76. The number of phenols is 4. The van der Waals surface area contributed by atoms with Crippen LogP contribution in [0.5, 0.6) is 28.7 Å². The van der Waals surface area contributed by atoms with Crippen LogP contribution < -0.4 is 10.2 Å².